The van der Waals surface area contributed by atoms with Crippen molar-refractivity contribution in [3.63, 3.8) is 0 Å². The first kappa shape index (κ1) is 18.2. The Morgan fingerprint density at radius 2 is 1.75 bits per heavy atom. The van der Waals surface area contributed by atoms with E-state index in [4.69, 9.17) is 4.74 Å². The molecule has 0 radical (unpaired) electrons. The highest BCUT2D eigenvalue weighted by molar-refractivity contribution is 6.07. The molecule has 0 fully saturated rings. The van der Waals surface area contributed by atoms with E-state index in [0.717, 1.165) is 29.2 Å². The Morgan fingerprint density at radius 1 is 1.04 bits per heavy atom. The zero-order valence-corrected chi connectivity index (χ0v) is 15.5. The molecule has 4 rings (SSSR count). The summed E-state index contributed by atoms with van der Waals surface area (Å²) < 4.78 is 18.3. The minimum absolute atomic E-state index is 0.238. The van der Waals surface area contributed by atoms with E-state index >= 15 is 0 Å². The molecule has 3 aromatic carbocycles. The standard InChI is InChI=1S/C23H20FNO3/c1-14(22(26)25-13-15-5-10-18(24)11-6-15)28-23(27)20-12-9-17-8-7-16-3-2-4-19(20)21(16)17/h2-6,9-12,14H,7-8,13H2,1H3,(H,25,26). The fourth-order valence-electron chi connectivity index (χ4n) is 3.64. The normalized spacial score (nSPS) is 13.4. The number of ether oxygens (including phenoxy) is 1. The number of esters is 1. The van der Waals surface area contributed by atoms with Crippen LogP contribution in [-0.4, -0.2) is 18.0 Å². The number of halogens is 1. The molecule has 1 aliphatic carbocycles. The summed E-state index contributed by atoms with van der Waals surface area (Å²) in [6.07, 6.45) is 1.02. The molecule has 0 spiro atoms. The van der Waals surface area contributed by atoms with E-state index in [1.165, 1.54) is 30.2 Å². The fraction of sp³-hybridized carbons (Fsp3) is 0.217. The second-order valence-corrected chi connectivity index (χ2v) is 7.00. The first-order chi connectivity index (χ1) is 13.5. The average Bonchev–Trinajstić information content (AvgIpc) is 3.12. The zero-order valence-electron chi connectivity index (χ0n) is 15.5. The third-order valence-electron chi connectivity index (χ3n) is 5.13. The van der Waals surface area contributed by atoms with Gasteiger partial charge in [-0.1, -0.05) is 36.4 Å². The predicted molar refractivity (Wildman–Crippen MR) is 104 cm³/mol. The second-order valence-electron chi connectivity index (χ2n) is 7.00. The summed E-state index contributed by atoms with van der Waals surface area (Å²) in [5, 5.41) is 4.70. The van der Waals surface area contributed by atoms with Crippen LogP contribution in [0.1, 0.15) is 34.0 Å². The number of benzene rings is 3. The molecule has 1 atom stereocenters. The van der Waals surface area contributed by atoms with Crippen LogP contribution in [0, 0.1) is 5.82 Å². The van der Waals surface area contributed by atoms with Gasteiger partial charge in [-0.25, -0.2) is 9.18 Å². The van der Waals surface area contributed by atoms with E-state index in [2.05, 4.69) is 11.4 Å². The second kappa shape index (κ2) is 7.43. The molecule has 0 aliphatic heterocycles. The smallest absolute Gasteiger partial charge is 0.339 e. The Morgan fingerprint density at radius 3 is 2.50 bits per heavy atom. The van der Waals surface area contributed by atoms with Gasteiger partial charge in [0.15, 0.2) is 6.10 Å². The van der Waals surface area contributed by atoms with Gasteiger partial charge in [0.1, 0.15) is 5.82 Å². The van der Waals surface area contributed by atoms with E-state index in [-0.39, 0.29) is 12.4 Å². The SMILES string of the molecule is CC(OC(=O)c1ccc2c3c(cccc13)CC2)C(=O)NCc1ccc(F)cc1. The van der Waals surface area contributed by atoms with Crippen LogP contribution in [0.3, 0.4) is 0 Å². The number of rotatable bonds is 5. The number of carbonyl (C=O) groups is 2. The summed E-state index contributed by atoms with van der Waals surface area (Å²) in [5.74, 6) is -1.24. The van der Waals surface area contributed by atoms with E-state index in [0.29, 0.717) is 5.56 Å². The van der Waals surface area contributed by atoms with Crippen LogP contribution in [0.25, 0.3) is 10.8 Å². The topological polar surface area (TPSA) is 55.4 Å². The lowest BCUT2D eigenvalue weighted by Crippen LogP contribution is -2.35. The predicted octanol–water partition coefficient (Wildman–Crippen LogP) is 3.94. The summed E-state index contributed by atoms with van der Waals surface area (Å²) in [6.45, 7) is 1.78. The third-order valence-corrected chi connectivity index (χ3v) is 5.13. The molecule has 1 N–H and O–H groups in total. The van der Waals surface area contributed by atoms with Crippen LogP contribution < -0.4 is 5.32 Å². The van der Waals surface area contributed by atoms with Crippen molar-refractivity contribution in [2.45, 2.75) is 32.4 Å². The van der Waals surface area contributed by atoms with E-state index in [1.807, 2.05) is 18.2 Å². The van der Waals surface area contributed by atoms with Crippen LogP contribution in [0.15, 0.2) is 54.6 Å². The maximum atomic E-state index is 12.9. The molecule has 1 unspecified atom stereocenters. The number of nitrogens with one attached hydrogen (secondary N) is 1. The van der Waals surface area contributed by atoms with Crippen molar-refractivity contribution in [1.82, 2.24) is 5.32 Å². The molecule has 0 heterocycles. The van der Waals surface area contributed by atoms with Crippen LogP contribution in [0.2, 0.25) is 0 Å². The molecule has 0 aromatic heterocycles. The minimum atomic E-state index is -0.934. The lowest BCUT2D eigenvalue weighted by Gasteiger charge is -2.15. The van der Waals surface area contributed by atoms with E-state index < -0.39 is 18.0 Å². The minimum Gasteiger partial charge on any atom is -0.449 e. The van der Waals surface area contributed by atoms with Gasteiger partial charge < -0.3 is 10.1 Å². The lowest BCUT2D eigenvalue weighted by atomic mass is 10.00. The van der Waals surface area contributed by atoms with Crippen molar-refractivity contribution in [1.29, 1.82) is 0 Å². The van der Waals surface area contributed by atoms with Gasteiger partial charge in [0.2, 0.25) is 0 Å². The average molecular weight is 377 g/mol. The molecule has 1 amide bonds. The van der Waals surface area contributed by atoms with Crippen molar-refractivity contribution >= 4 is 22.6 Å². The highest BCUT2D eigenvalue weighted by Crippen LogP contribution is 2.33. The summed E-state index contributed by atoms with van der Waals surface area (Å²) in [7, 11) is 0. The molecule has 142 valence electrons. The van der Waals surface area contributed by atoms with Crippen LogP contribution >= 0.6 is 0 Å². The highest BCUT2D eigenvalue weighted by Gasteiger charge is 2.23. The van der Waals surface area contributed by atoms with Crippen molar-refractivity contribution in [3.8, 4) is 0 Å². The van der Waals surface area contributed by atoms with E-state index in [1.54, 1.807) is 18.2 Å². The number of aryl methyl sites for hydroxylation is 2. The van der Waals surface area contributed by atoms with Gasteiger partial charge in [-0.3, -0.25) is 4.79 Å². The fourth-order valence-corrected chi connectivity index (χ4v) is 3.64. The number of carbonyl (C=O) groups excluding carboxylic acids is 2. The molecule has 3 aromatic rings. The molecule has 1 aliphatic rings. The Bertz CT molecular complexity index is 1050. The molecule has 0 bridgehead atoms. The van der Waals surface area contributed by atoms with Crippen molar-refractivity contribution in [3.05, 3.63) is 82.7 Å². The number of hydrogen-bond donors (Lipinski definition) is 1. The zero-order chi connectivity index (χ0) is 19.7. The number of hydrogen-bond acceptors (Lipinski definition) is 3. The van der Waals surface area contributed by atoms with Gasteiger partial charge in [-0.2, -0.15) is 0 Å². The monoisotopic (exact) mass is 377 g/mol. The summed E-state index contributed by atoms with van der Waals surface area (Å²) in [4.78, 5) is 25.0. The Balaban J connectivity index is 1.44. The third kappa shape index (κ3) is 3.48. The van der Waals surface area contributed by atoms with Crippen LogP contribution in [-0.2, 0) is 28.9 Å². The van der Waals surface area contributed by atoms with Crippen LogP contribution in [0.5, 0.6) is 0 Å². The summed E-state index contributed by atoms with van der Waals surface area (Å²) in [5.41, 5.74) is 3.72. The molecule has 0 saturated heterocycles. The molecule has 5 heteroatoms. The van der Waals surface area contributed by atoms with Gasteiger partial charge >= 0.3 is 5.97 Å². The van der Waals surface area contributed by atoms with Gasteiger partial charge in [-0.05, 0) is 65.4 Å². The summed E-state index contributed by atoms with van der Waals surface area (Å²) in [6, 6.07) is 15.6. The molecule has 4 nitrogen and oxygen atoms in total. The van der Waals surface area contributed by atoms with Gasteiger partial charge in [0.05, 0.1) is 5.56 Å². The van der Waals surface area contributed by atoms with Crippen molar-refractivity contribution in [2.24, 2.45) is 0 Å². The number of amides is 1. The van der Waals surface area contributed by atoms with Gasteiger partial charge in [-0.15, -0.1) is 0 Å². The van der Waals surface area contributed by atoms with Gasteiger partial charge in [0, 0.05) is 6.54 Å². The van der Waals surface area contributed by atoms with Gasteiger partial charge in [0.25, 0.3) is 5.91 Å². The first-order valence-corrected chi connectivity index (χ1v) is 9.29. The maximum absolute atomic E-state index is 12.9. The largest absolute Gasteiger partial charge is 0.449 e. The van der Waals surface area contributed by atoms with Crippen molar-refractivity contribution < 1.29 is 18.7 Å². The lowest BCUT2D eigenvalue weighted by molar-refractivity contribution is -0.129. The Labute approximate surface area is 162 Å². The Kier molecular flexibility index (Phi) is 4.82. The maximum Gasteiger partial charge on any atom is 0.339 e. The molecular formula is C23H20FNO3. The Hall–Kier alpha value is -3.21. The molecular weight excluding hydrogens is 357 g/mol. The van der Waals surface area contributed by atoms with Crippen LogP contribution in [0.4, 0.5) is 4.39 Å². The molecule has 28 heavy (non-hydrogen) atoms. The highest BCUT2D eigenvalue weighted by atomic mass is 19.1. The quantitative estimate of drug-likeness (QED) is 0.685. The van der Waals surface area contributed by atoms with E-state index in [9.17, 15) is 14.0 Å². The molecule has 0 saturated carbocycles. The summed E-state index contributed by atoms with van der Waals surface area (Å²) >= 11 is 0. The first-order valence-electron chi connectivity index (χ1n) is 9.29. The van der Waals surface area contributed by atoms with Crippen molar-refractivity contribution in [2.75, 3.05) is 0 Å².